The van der Waals surface area contributed by atoms with E-state index in [0.717, 1.165) is 18.8 Å². The van der Waals surface area contributed by atoms with Gasteiger partial charge in [0, 0.05) is 6.04 Å². The maximum absolute atomic E-state index is 11.7. The van der Waals surface area contributed by atoms with Crippen LogP contribution in [0.3, 0.4) is 0 Å². The maximum Gasteiger partial charge on any atom is 0.410 e. The van der Waals surface area contributed by atoms with Gasteiger partial charge in [0.2, 0.25) is 0 Å². The molecule has 4 heteroatoms. The van der Waals surface area contributed by atoms with Crippen LogP contribution in [0.25, 0.3) is 0 Å². The van der Waals surface area contributed by atoms with Crippen molar-refractivity contribution in [2.45, 2.75) is 58.6 Å². The monoisotopic (exact) mass is 255 g/mol. The standard InChI is InChI=1S/C14H25NO3/c1-14(2,3)10-4-6-11(7-5-10)15-8-12(9-16)18-13(15)17/h10-12,16H,4-9H2,1-3H3/t10-,11-,12?. The van der Waals surface area contributed by atoms with E-state index in [2.05, 4.69) is 20.8 Å². The lowest BCUT2D eigenvalue weighted by molar-refractivity contribution is 0.0906. The highest BCUT2D eigenvalue weighted by Gasteiger charge is 2.38. The van der Waals surface area contributed by atoms with Gasteiger partial charge in [-0.05, 0) is 37.0 Å². The van der Waals surface area contributed by atoms with Crippen molar-refractivity contribution < 1.29 is 14.6 Å². The van der Waals surface area contributed by atoms with Crippen molar-refractivity contribution in [3.05, 3.63) is 0 Å². The first-order valence-corrected chi connectivity index (χ1v) is 7.00. The van der Waals surface area contributed by atoms with Gasteiger partial charge in [0.05, 0.1) is 13.2 Å². The predicted molar refractivity (Wildman–Crippen MR) is 69.3 cm³/mol. The zero-order valence-corrected chi connectivity index (χ0v) is 11.7. The summed E-state index contributed by atoms with van der Waals surface area (Å²) in [5.41, 5.74) is 0.365. The lowest BCUT2D eigenvalue weighted by Crippen LogP contribution is -2.40. The van der Waals surface area contributed by atoms with Gasteiger partial charge < -0.3 is 14.7 Å². The van der Waals surface area contributed by atoms with Gasteiger partial charge in [0.25, 0.3) is 0 Å². The van der Waals surface area contributed by atoms with Crippen LogP contribution in [-0.4, -0.2) is 41.4 Å². The van der Waals surface area contributed by atoms with Crippen LogP contribution in [0.2, 0.25) is 0 Å². The SMILES string of the molecule is CC(C)(C)[C@H]1CC[C@H](N2CC(CO)OC2=O)CC1. The second-order valence-corrected chi connectivity index (χ2v) is 6.71. The molecule has 1 unspecified atom stereocenters. The van der Waals surface area contributed by atoms with Crippen LogP contribution in [0.15, 0.2) is 0 Å². The van der Waals surface area contributed by atoms with Gasteiger partial charge in [-0.25, -0.2) is 4.79 Å². The van der Waals surface area contributed by atoms with Crippen molar-refractivity contribution in [2.24, 2.45) is 11.3 Å². The molecule has 0 aromatic rings. The highest BCUT2D eigenvalue weighted by Crippen LogP contribution is 2.39. The van der Waals surface area contributed by atoms with E-state index in [1.807, 2.05) is 4.90 Å². The summed E-state index contributed by atoms with van der Waals surface area (Å²) in [6.07, 6.45) is 3.93. The minimum absolute atomic E-state index is 0.0699. The molecule has 2 aliphatic rings. The number of aliphatic hydroxyl groups excluding tert-OH is 1. The molecule has 2 fully saturated rings. The summed E-state index contributed by atoms with van der Waals surface area (Å²) in [6.45, 7) is 7.37. The third kappa shape index (κ3) is 2.79. The van der Waals surface area contributed by atoms with Crippen molar-refractivity contribution in [3.8, 4) is 0 Å². The van der Waals surface area contributed by atoms with E-state index in [1.165, 1.54) is 12.8 Å². The second kappa shape index (κ2) is 5.08. The summed E-state index contributed by atoms with van der Waals surface area (Å²) in [5.74, 6) is 0.751. The molecule has 0 aromatic carbocycles. The molecule has 1 N–H and O–H groups in total. The third-order valence-electron chi connectivity index (χ3n) is 4.47. The topological polar surface area (TPSA) is 49.8 Å². The van der Waals surface area contributed by atoms with Crippen LogP contribution in [0.4, 0.5) is 4.79 Å². The Bertz CT molecular complexity index is 303. The molecule has 2 rings (SSSR count). The molecular weight excluding hydrogens is 230 g/mol. The quantitative estimate of drug-likeness (QED) is 0.824. The fraction of sp³-hybridized carbons (Fsp3) is 0.929. The van der Waals surface area contributed by atoms with Gasteiger partial charge in [0.15, 0.2) is 0 Å². The minimum Gasteiger partial charge on any atom is -0.442 e. The van der Waals surface area contributed by atoms with E-state index < -0.39 is 0 Å². The summed E-state index contributed by atoms with van der Waals surface area (Å²) in [5, 5.41) is 9.04. The van der Waals surface area contributed by atoms with Gasteiger partial charge in [-0.2, -0.15) is 0 Å². The first kappa shape index (κ1) is 13.7. The molecular formula is C14H25NO3. The number of nitrogens with zero attached hydrogens (tertiary/aromatic N) is 1. The van der Waals surface area contributed by atoms with Gasteiger partial charge in [0.1, 0.15) is 6.10 Å². The van der Waals surface area contributed by atoms with Gasteiger partial charge in [-0.15, -0.1) is 0 Å². The summed E-state index contributed by atoms with van der Waals surface area (Å²) < 4.78 is 5.11. The molecule has 104 valence electrons. The number of rotatable bonds is 2. The number of amides is 1. The van der Waals surface area contributed by atoms with Crippen LogP contribution in [0, 0.1) is 11.3 Å². The predicted octanol–water partition coefficient (Wildman–Crippen LogP) is 2.40. The van der Waals surface area contributed by atoms with Crippen molar-refractivity contribution >= 4 is 6.09 Å². The fourth-order valence-corrected chi connectivity index (χ4v) is 3.19. The van der Waals surface area contributed by atoms with Crippen molar-refractivity contribution in [3.63, 3.8) is 0 Å². The summed E-state index contributed by atoms with van der Waals surface area (Å²) in [7, 11) is 0. The van der Waals surface area contributed by atoms with Crippen molar-refractivity contribution in [1.82, 2.24) is 4.90 Å². The smallest absolute Gasteiger partial charge is 0.410 e. The summed E-state index contributed by atoms with van der Waals surface area (Å²) >= 11 is 0. The first-order chi connectivity index (χ1) is 8.41. The van der Waals surface area contributed by atoms with E-state index >= 15 is 0 Å². The number of aliphatic hydroxyl groups is 1. The number of hydrogen-bond acceptors (Lipinski definition) is 3. The third-order valence-corrected chi connectivity index (χ3v) is 4.47. The minimum atomic E-state index is -0.321. The van der Waals surface area contributed by atoms with Crippen molar-refractivity contribution in [2.75, 3.05) is 13.2 Å². The molecule has 0 bridgehead atoms. The molecule has 1 heterocycles. The normalized spacial score (nSPS) is 33.7. The number of carbonyl (C=O) groups excluding carboxylic acids is 1. The summed E-state index contributed by atoms with van der Waals surface area (Å²) in [6, 6.07) is 0.313. The molecule has 0 spiro atoms. The Labute approximate surface area is 109 Å². The number of ether oxygens (including phenoxy) is 1. The van der Waals surface area contributed by atoms with E-state index in [-0.39, 0.29) is 18.8 Å². The van der Waals surface area contributed by atoms with Crippen LogP contribution < -0.4 is 0 Å². The fourth-order valence-electron chi connectivity index (χ4n) is 3.19. The Hall–Kier alpha value is -0.770. The zero-order valence-electron chi connectivity index (χ0n) is 11.7. The lowest BCUT2D eigenvalue weighted by atomic mass is 9.71. The van der Waals surface area contributed by atoms with Gasteiger partial charge in [-0.3, -0.25) is 0 Å². The van der Waals surface area contributed by atoms with E-state index in [9.17, 15) is 4.79 Å². The number of cyclic esters (lactones) is 1. The molecule has 0 radical (unpaired) electrons. The largest absolute Gasteiger partial charge is 0.442 e. The first-order valence-electron chi connectivity index (χ1n) is 7.00. The second-order valence-electron chi connectivity index (χ2n) is 6.71. The molecule has 4 nitrogen and oxygen atoms in total. The Morgan fingerprint density at radius 3 is 2.33 bits per heavy atom. The molecule has 18 heavy (non-hydrogen) atoms. The Kier molecular flexibility index (Phi) is 3.85. The highest BCUT2D eigenvalue weighted by molar-refractivity contribution is 5.70. The maximum atomic E-state index is 11.7. The molecule has 1 aliphatic heterocycles. The van der Waals surface area contributed by atoms with Crippen LogP contribution >= 0.6 is 0 Å². The van der Waals surface area contributed by atoms with Crippen LogP contribution in [0.1, 0.15) is 46.5 Å². The Morgan fingerprint density at radius 2 is 1.89 bits per heavy atom. The van der Waals surface area contributed by atoms with E-state index in [4.69, 9.17) is 9.84 Å². The molecule has 1 atom stereocenters. The number of hydrogen-bond donors (Lipinski definition) is 1. The van der Waals surface area contributed by atoms with Crippen LogP contribution in [-0.2, 0) is 4.74 Å². The Morgan fingerprint density at radius 1 is 1.28 bits per heavy atom. The highest BCUT2D eigenvalue weighted by atomic mass is 16.6. The molecule has 1 saturated heterocycles. The van der Waals surface area contributed by atoms with E-state index in [1.54, 1.807) is 0 Å². The van der Waals surface area contributed by atoms with Crippen molar-refractivity contribution in [1.29, 1.82) is 0 Å². The molecule has 0 aromatic heterocycles. The lowest BCUT2D eigenvalue weighted by Gasteiger charge is -2.39. The van der Waals surface area contributed by atoms with Gasteiger partial charge in [-0.1, -0.05) is 20.8 Å². The molecule has 1 saturated carbocycles. The van der Waals surface area contributed by atoms with Crippen LogP contribution in [0.5, 0.6) is 0 Å². The Balaban J connectivity index is 1.89. The zero-order chi connectivity index (χ0) is 13.3. The summed E-state index contributed by atoms with van der Waals surface area (Å²) in [4.78, 5) is 13.5. The number of carbonyl (C=O) groups is 1. The van der Waals surface area contributed by atoms with Gasteiger partial charge >= 0.3 is 6.09 Å². The molecule has 1 aliphatic carbocycles. The average Bonchev–Trinajstić information content (AvgIpc) is 2.70. The average molecular weight is 255 g/mol. The molecule has 1 amide bonds. The van der Waals surface area contributed by atoms with E-state index in [0.29, 0.717) is 18.0 Å².